The number of carbonyl (C=O) groups excluding carboxylic acids is 1. The summed E-state index contributed by atoms with van der Waals surface area (Å²) >= 11 is 0. The second-order valence-electron chi connectivity index (χ2n) is 8.31. The zero-order valence-corrected chi connectivity index (χ0v) is 17.2. The Morgan fingerprint density at radius 2 is 1.53 bits per heavy atom. The molecule has 2 saturated heterocycles. The van der Waals surface area contributed by atoms with Crippen LogP contribution in [0.4, 0.5) is 4.39 Å². The molecule has 3 aliphatic rings. The van der Waals surface area contributed by atoms with Crippen molar-refractivity contribution in [3.63, 3.8) is 0 Å². The number of halogens is 1. The lowest BCUT2D eigenvalue weighted by atomic mass is 9.93. The zero-order chi connectivity index (χ0) is 20.9. The largest absolute Gasteiger partial charge is 0.369 e. The molecule has 2 atom stereocenters. The standard InChI is InChI=1S/C22H23FN2O4S/c23-17-6-8-20(9-7-17)30(27,28)25-14-18-12-24(13-19(15-25)29-18)21(26)22(10-11-22)16-4-2-1-3-5-16/h1-9,18-19H,10-15H2. The topological polar surface area (TPSA) is 66.9 Å². The molecular formula is C22H23FN2O4S. The molecule has 0 aromatic heterocycles. The van der Waals surface area contributed by atoms with Crippen molar-refractivity contribution in [1.29, 1.82) is 0 Å². The lowest BCUT2D eigenvalue weighted by Crippen LogP contribution is -2.62. The lowest BCUT2D eigenvalue weighted by molar-refractivity contribution is -0.156. The number of hydrogen-bond acceptors (Lipinski definition) is 4. The summed E-state index contributed by atoms with van der Waals surface area (Å²) in [5.74, 6) is -0.365. The Morgan fingerprint density at radius 1 is 0.933 bits per heavy atom. The van der Waals surface area contributed by atoms with Gasteiger partial charge in [0, 0.05) is 26.2 Å². The first-order chi connectivity index (χ1) is 14.4. The number of sulfonamides is 1. The van der Waals surface area contributed by atoms with Crippen molar-refractivity contribution in [3.05, 3.63) is 66.0 Å². The first-order valence-electron chi connectivity index (χ1n) is 10.1. The van der Waals surface area contributed by atoms with E-state index in [1.54, 1.807) is 0 Å². The number of carbonyl (C=O) groups is 1. The van der Waals surface area contributed by atoms with Crippen molar-refractivity contribution < 1.29 is 22.3 Å². The molecule has 2 bridgehead atoms. The fourth-order valence-corrected chi connectivity index (χ4v) is 6.09. The summed E-state index contributed by atoms with van der Waals surface area (Å²) in [5.41, 5.74) is 0.611. The van der Waals surface area contributed by atoms with Crippen LogP contribution in [0.3, 0.4) is 0 Å². The molecule has 158 valence electrons. The van der Waals surface area contributed by atoms with Gasteiger partial charge in [0.05, 0.1) is 22.5 Å². The SMILES string of the molecule is O=C(N1CC2CN(S(=O)(=O)c3ccc(F)cc3)CC(C1)O2)C1(c2ccccc2)CC1. The van der Waals surface area contributed by atoms with E-state index in [0.29, 0.717) is 13.1 Å². The molecule has 1 amide bonds. The maximum absolute atomic E-state index is 13.3. The highest BCUT2D eigenvalue weighted by molar-refractivity contribution is 7.89. The van der Waals surface area contributed by atoms with Gasteiger partial charge in [-0.3, -0.25) is 4.79 Å². The maximum atomic E-state index is 13.3. The van der Waals surface area contributed by atoms with Gasteiger partial charge >= 0.3 is 0 Å². The number of morpholine rings is 2. The smallest absolute Gasteiger partial charge is 0.243 e. The number of amides is 1. The highest BCUT2D eigenvalue weighted by Crippen LogP contribution is 2.50. The van der Waals surface area contributed by atoms with Crippen molar-refractivity contribution >= 4 is 15.9 Å². The number of hydrogen-bond donors (Lipinski definition) is 0. The molecule has 5 rings (SSSR count). The van der Waals surface area contributed by atoms with Crippen LogP contribution in [0.5, 0.6) is 0 Å². The van der Waals surface area contributed by atoms with E-state index in [0.717, 1.165) is 30.5 Å². The summed E-state index contributed by atoms with van der Waals surface area (Å²) in [5, 5.41) is 0. The highest BCUT2D eigenvalue weighted by atomic mass is 32.2. The van der Waals surface area contributed by atoms with Crippen LogP contribution in [0.15, 0.2) is 59.5 Å². The number of rotatable bonds is 4. The average molecular weight is 431 g/mol. The van der Waals surface area contributed by atoms with Gasteiger partial charge in [0.2, 0.25) is 15.9 Å². The number of benzene rings is 2. The number of ether oxygens (including phenoxy) is 1. The molecule has 0 N–H and O–H groups in total. The minimum absolute atomic E-state index is 0.0674. The summed E-state index contributed by atoms with van der Waals surface area (Å²) in [6.07, 6.45) is 0.938. The molecule has 2 heterocycles. The van der Waals surface area contributed by atoms with E-state index < -0.39 is 21.3 Å². The first-order valence-corrected chi connectivity index (χ1v) is 11.6. The summed E-state index contributed by atoms with van der Waals surface area (Å²) in [7, 11) is -3.73. The van der Waals surface area contributed by atoms with Crippen LogP contribution in [-0.2, 0) is 25.0 Å². The maximum Gasteiger partial charge on any atom is 0.243 e. The second-order valence-corrected chi connectivity index (χ2v) is 10.3. The van der Waals surface area contributed by atoms with Gasteiger partial charge in [-0.05, 0) is 42.7 Å². The normalized spacial score (nSPS) is 25.7. The molecule has 3 fully saturated rings. The van der Waals surface area contributed by atoms with Crippen LogP contribution in [0, 0.1) is 5.82 Å². The quantitative estimate of drug-likeness (QED) is 0.746. The van der Waals surface area contributed by atoms with E-state index in [9.17, 15) is 17.6 Å². The van der Waals surface area contributed by atoms with Crippen molar-refractivity contribution in [1.82, 2.24) is 9.21 Å². The Balaban J connectivity index is 1.31. The van der Waals surface area contributed by atoms with Crippen LogP contribution >= 0.6 is 0 Å². The molecule has 0 radical (unpaired) electrons. The van der Waals surface area contributed by atoms with E-state index in [1.807, 2.05) is 35.2 Å². The fraction of sp³-hybridized carbons (Fsp3) is 0.409. The third-order valence-corrected chi connectivity index (χ3v) is 8.12. The minimum atomic E-state index is -3.73. The van der Waals surface area contributed by atoms with Crippen LogP contribution < -0.4 is 0 Å². The van der Waals surface area contributed by atoms with E-state index in [2.05, 4.69) is 0 Å². The Labute approximate surface area is 175 Å². The van der Waals surface area contributed by atoms with Gasteiger partial charge in [0.15, 0.2) is 0 Å². The number of fused-ring (bicyclic) bond motifs is 2. The second kappa shape index (κ2) is 7.14. The summed E-state index contributed by atoms with van der Waals surface area (Å²) in [6, 6.07) is 14.7. The molecule has 2 aromatic rings. The molecule has 2 aliphatic heterocycles. The van der Waals surface area contributed by atoms with Crippen molar-refractivity contribution in [2.75, 3.05) is 26.2 Å². The number of nitrogens with zero attached hydrogens (tertiary/aromatic N) is 2. The predicted octanol–water partition coefficient (Wildman–Crippen LogP) is 2.16. The first kappa shape index (κ1) is 19.7. The fourth-order valence-electron chi connectivity index (χ4n) is 4.58. The third-order valence-electron chi connectivity index (χ3n) is 6.27. The van der Waals surface area contributed by atoms with Crippen LogP contribution in [-0.4, -0.2) is 61.9 Å². The van der Waals surface area contributed by atoms with Crippen LogP contribution in [0.1, 0.15) is 18.4 Å². The van der Waals surface area contributed by atoms with Crippen LogP contribution in [0.2, 0.25) is 0 Å². The Hall–Kier alpha value is -2.29. The highest BCUT2D eigenvalue weighted by Gasteiger charge is 2.54. The minimum Gasteiger partial charge on any atom is -0.369 e. The summed E-state index contributed by atoms with van der Waals surface area (Å²) < 4.78 is 46.5. The molecule has 6 nitrogen and oxygen atoms in total. The van der Waals surface area contributed by atoms with Crippen molar-refractivity contribution in [2.24, 2.45) is 0 Å². The van der Waals surface area contributed by atoms with Gasteiger partial charge in [-0.2, -0.15) is 4.31 Å². The third kappa shape index (κ3) is 3.33. The van der Waals surface area contributed by atoms with Crippen molar-refractivity contribution in [2.45, 2.75) is 35.4 Å². The Morgan fingerprint density at radius 3 is 2.10 bits per heavy atom. The molecule has 2 unspecified atom stereocenters. The molecule has 0 spiro atoms. The van der Waals surface area contributed by atoms with E-state index in [1.165, 1.54) is 16.4 Å². The predicted molar refractivity (Wildman–Crippen MR) is 108 cm³/mol. The van der Waals surface area contributed by atoms with Gasteiger partial charge in [0.1, 0.15) is 5.82 Å². The Kier molecular flexibility index (Phi) is 4.68. The summed E-state index contributed by atoms with van der Waals surface area (Å²) in [6.45, 7) is 1.11. The van der Waals surface area contributed by atoms with Gasteiger partial charge in [0.25, 0.3) is 0 Å². The van der Waals surface area contributed by atoms with Gasteiger partial charge in [-0.1, -0.05) is 30.3 Å². The molecule has 1 aliphatic carbocycles. The van der Waals surface area contributed by atoms with Crippen molar-refractivity contribution in [3.8, 4) is 0 Å². The molecule has 30 heavy (non-hydrogen) atoms. The Bertz CT molecular complexity index is 1040. The molecular weight excluding hydrogens is 407 g/mol. The lowest BCUT2D eigenvalue weighted by Gasteiger charge is -2.46. The van der Waals surface area contributed by atoms with Crippen LogP contribution in [0.25, 0.3) is 0 Å². The molecule has 8 heteroatoms. The van der Waals surface area contributed by atoms with E-state index >= 15 is 0 Å². The van der Waals surface area contributed by atoms with Gasteiger partial charge in [-0.25, -0.2) is 12.8 Å². The summed E-state index contributed by atoms with van der Waals surface area (Å²) in [4.78, 5) is 15.3. The zero-order valence-electron chi connectivity index (χ0n) is 16.4. The average Bonchev–Trinajstić information content (AvgIpc) is 3.55. The van der Waals surface area contributed by atoms with Gasteiger partial charge in [-0.15, -0.1) is 0 Å². The molecule has 1 saturated carbocycles. The van der Waals surface area contributed by atoms with E-state index in [4.69, 9.17) is 4.74 Å². The monoisotopic (exact) mass is 430 g/mol. The van der Waals surface area contributed by atoms with Gasteiger partial charge < -0.3 is 9.64 Å². The van der Waals surface area contributed by atoms with E-state index in [-0.39, 0.29) is 36.1 Å². The molecule has 2 aromatic carbocycles.